The number of nitrogens with one attached hydrogen (secondary N) is 1. The van der Waals surface area contributed by atoms with E-state index < -0.39 is 17.0 Å². The predicted octanol–water partition coefficient (Wildman–Crippen LogP) is 3.24. The molecular weight excluding hydrogens is 362 g/mol. The van der Waals surface area contributed by atoms with Gasteiger partial charge in [-0.25, -0.2) is 4.79 Å². The molecule has 1 rings (SSSR count). The fourth-order valence-electron chi connectivity index (χ4n) is 2.65. The van der Waals surface area contributed by atoms with Crippen LogP contribution in [0.4, 0.5) is 4.79 Å². The number of carbonyl (C=O) groups excluding carboxylic acids is 1. The second-order valence-electron chi connectivity index (χ2n) is 6.67. The van der Waals surface area contributed by atoms with E-state index >= 15 is 0 Å². The molecule has 0 aliphatic carbocycles. The number of benzene rings is 1. The van der Waals surface area contributed by atoms with Crippen molar-refractivity contribution in [3.63, 3.8) is 0 Å². The third-order valence-corrected chi connectivity index (χ3v) is 4.73. The van der Waals surface area contributed by atoms with Gasteiger partial charge in [-0.2, -0.15) is 0 Å². The number of carboxylic acid groups (broad SMARTS) is 1. The molecule has 6 heteroatoms. The molecule has 0 aliphatic heterocycles. The average Bonchev–Trinajstić information content (AvgIpc) is 2.45. The maximum Gasteiger partial charge on any atom is 0.405 e. The lowest BCUT2D eigenvalue weighted by atomic mass is 9.68. The molecule has 0 saturated heterocycles. The van der Waals surface area contributed by atoms with Gasteiger partial charge in [0.25, 0.3) is 0 Å². The summed E-state index contributed by atoms with van der Waals surface area (Å²) in [6.45, 7) is 5.72. The first-order valence-electron chi connectivity index (χ1n) is 7.45. The fourth-order valence-corrected chi connectivity index (χ4v) is 2.98. The molecule has 0 aliphatic rings. The van der Waals surface area contributed by atoms with Crippen molar-refractivity contribution in [1.82, 2.24) is 5.32 Å². The van der Waals surface area contributed by atoms with Crippen LogP contribution in [0.15, 0.2) is 24.3 Å². The molecule has 23 heavy (non-hydrogen) atoms. The van der Waals surface area contributed by atoms with Gasteiger partial charge in [-0.1, -0.05) is 61.0 Å². The Morgan fingerprint density at radius 1 is 1.17 bits per heavy atom. The van der Waals surface area contributed by atoms with Crippen LogP contribution in [0.3, 0.4) is 0 Å². The van der Waals surface area contributed by atoms with E-state index in [1.54, 1.807) is 12.1 Å². The molecule has 1 aromatic rings. The van der Waals surface area contributed by atoms with E-state index in [2.05, 4.69) is 21.2 Å². The van der Waals surface area contributed by atoms with Gasteiger partial charge in [0.1, 0.15) is 0 Å². The summed E-state index contributed by atoms with van der Waals surface area (Å²) in [6, 6.07) is 7.15. The topological polar surface area (TPSA) is 86.6 Å². The molecule has 1 amide bonds. The molecule has 1 atom stereocenters. The third-order valence-electron chi connectivity index (χ3n) is 4.22. The largest absolute Gasteiger partial charge is 0.465 e. The molecule has 0 radical (unpaired) electrons. The molecule has 0 heterocycles. The van der Waals surface area contributed by atoms with Gasteiger partial charge in [-0.3, -0.25) is 4.79 Å². The summed E-state index contributed by atoms with van der Waals surface area (Å²) in [4.78, 5) is 22.9. The zero-order chi connectivity index (χ0) is 17.7. The van der Waals surface area contributed by atoms with E-state index in [0.717, 1.165) is 5.56 Å². The van der Waals surface area contributed by atoms with Gasteiger partial charge in [0.15, 0.2) is 5.78 Å². The van der Waals surface area contributed by atoms with Gasteiger partial charge in [0.05, 0.1) is 10.9 Å². The van der Waals surface area contributed by atoms with Gasteiger partial charge in [0, 0.05) is 12.2 Å². The molecule has 1 aromatic carbocycles. The fraction of sp³-hybridized carbons (Fsp3) is 0.529. The smallest absolute Gasteiger partial charge is 0.405 e. The summed E-state index contributed by atoms with van der Waals surface area (Å²) in [5.41, 5.74) is 0.334. The molecular formula is C17H24BrNO4. The number of halogens is 1. The molecule has 0 saturated carbocycles. The van der Waals surface area contributed by atoms with Crippen LogP contribution in [-0.4, -0.2) is 39.6 Å². The van der Waals surface area contributed by atoms with Crippen LogP contribution in [0.2, 0.25) is 0 Å². The maximum absolute atomic E-state index is 11.6. The van der Waals surface area contributed by atoms with Gasteiger partial charge in [-0.15, -0.1) is 0 Å². The Morgan fingerprint density at radius 2 is 1.74 bits per heavy atom. The summed E-state index contributed by atoms with van der Waals surface area (Å²) in [5, 5.41) is 21.5. The normalized spacial score (nSPS) is 14.1. The van der Waals surface area contributed by atoms with E-state index in [1.165, 1.54) is 0 Å². The second kappa shape index (κ2) is 7.93. The van der Waals surface area contributed by atoms with Crippen molar-refractivity contribution in [1.29, 1.82) is 0 Å². The highest BCUT2D eigenvalue weighted by atomic mass is 79.9. The Balaban J connectivity index is 3.13. The zero-order valence-electron chi connectivity index (χ0n) is 13.7. The van der Waals surface area contributed by atoms with Crippen LogP contribution in [0.25, 0.3) is 0 Å². The Bertz CT molecular complexity index is 551. The standard InChI is InChI=1S/C17H24BrNO4/c1-16(2,3)17(8-9-20,19-15(22)23)10-12-4-6-13(7-5-12)14(21)11-18/h4-7,19-20H,8-11H2,1-3H3,(H,22,23)/t17-/m1/s1. The lowest BCUT2D eigenvalue weighted by Gasteiger charge is -2.45. The first-order valence-corrected chi connectivity index (χ1v) is 8.57. The van der Waals surface area contributed by atoms with Crippen molar-refractivity contribution in [2.24, 2.45) is 5.41 Å². The summed E-state index contributed by atoms with van der Waals surface area (Å²) in [5.74, 6) is -0.00217. The van der Waals surface area contributed by atoms with Crippen molar-refractivity contribution in [3.05, 3.63) is 35.4 Å². The summed E-state index contributed by atoms with van der Waals surface area (Å²) in [7, 11) is 0. The van der Waals surface area contributed by atoms with Gasteiger partial charge < -0.3 is 15.5 Å². The molecule has 5 nitrogen and oxygen atoms in total. The molecule has 0 bridgehead atoms. The highest BCUT2D eigenvalue weighted by molar-refractivity contribution is 9.09. The number of Topliss-reactive ketones (excluding diaryl/α,β-unsaturated/α-hetero) is 1. The monoisotopic (exact) mass is 385 g/mol. The number of aliphatic hydroxyl groups excluding tert-OH is 1. The van der Waals surface area contributed by atoms with E-state index in [-0.39, 0.29) is 17.7 Å². The van der Waals surface area contributed by atoms with Crippen LogP contribution in [0.1, 0.15) is 43.1 Å². The van der Waals surface area contributed by atoms with Crippen LogP contribution in [-0.2, 0) is 6.42 Å². The number of aliphatic hydroxyl groups is 1. The van der Waals surface area contributed by atoms with Crippen molar-refractivity contribution in [2.75, 3.05) is 11.9 Å². The predicted molar refractivity (Wildman–Crippen MR) is 93.3 cm³/mol. The Kier molecular flexibility index (Phi) is 6.77. The van der Waals surface area contributed by atoms with Crippen molar-refractivity contribution in [2.45, 2.75) is 39.2 Å². The summed E-state index contributed by atoms with van der Waals surface area (Å²) >= 11 is 3.14. The van der Waals surface area contributed by atoms with Gasteiger partial charge in [0.2, 0.25) is 0 Å². The highest BCUT2D eigenvalue weighted by Crippen LogP contribution is 2.36. The number of carbonyl (C=O) groups is 2. The van der Waals surface area contributed by atoms with Gasteiger partial charge >= 0.3 is 6.09 Å². The number of hydrogen-bond acceptors (Lipinski definition) is 3. The number of ketones is 1. The molecule has 0 unspecified atom stereocenters. The maximum atomic E-state index is 11.6. The van der Waals surface area contributed by atoms with Crippen molar-refractivity contribution >= 4 is 27.8 Å². The molecule has 0 spiro atoms. The van der Waals surface area contributed by atoms with Crippen LogP contribution in [0.5, 0.6) is 0 Å². The molecule has 128 valence electrons. The minimum absolute atomic E-state index is 0.00217. The second-order valence-corrected chi connectivity index (χ2v) is 7.23. The lowest BCUT2D eigenvalue weighted by molar-refractivity contribution is 0.0903. The minimum Gasteiger partial charge on any atom is -0.465 e. The van der Waals surface area contributed by atoms with E-state index in [9.17, 15) is 19.8 Å². The molecule has 0 aromatic heterocycles. The van der Waals surface area contributed by atoms with E-state index in [4.69, 9.17) is 0 Å². The average molecular weight is 386 g/mol. The summed E-state index contributed by atoms with van der Waals surface area (Å²) in [6.07, 6.45) is -0.365. The van der Waals surface area contributed by atoms with Gasteiger partial charge in [-0.05, 0) is 23.8 Å². The molecule has 0 fully saturated rings. The van der Waals surface area contributed by atoms with Crippen LogP contribution >= 0.6 is 15.9 Å². The summed E-state index contributed by atoms with van der Waals surface area (Å²) < 4.78 is 0. The quantitative estimate of drug-likeness (QED) is 0.496. The Morgan fingerprint density at radius 3 is 2.13 bits per heavy atom. The first-order chi connectivity index (χ1) is 10.6. The van der Waals surface area contributed by atoms with Crippen LogP contribution < -0.4 is 5.32 Å². The highest BCUT2D eigenvalue weighted by Gasteiger charge is 2.42. The first kappa shape index (κ1) is 19.6. The number of hydrogen-bond donors (Lipinski definition) is 3. The SMILES string of the molecule is CC(C)(C)[C@@](CCO)(Cc1ccc(C(=O)CBr)cc1)NC(=O)O. The third kappa shape index (κ3) is 5.04. The van der Waals surface area contributed by atoms with Crippen molar-refractivity contribution < 1.29 is 19.8 Å². The number of alkyl halides is 1. The van der Waals surface area contributed by atoms with E-state index in [1.807, 2.05) is 32.9 Å². The Hall–Kier alpha value is -1.40. The van der Waals surface area contributed by atoms with E-state index in [0.29, 0.717) is 18.4 Å². The van der Waals surface area contributed by atoms with Crippen molar-refractivity contribution in [3.8, 4) is 0 Å². The minimum atomic E-state index is -1.11. The number of amides is 1. The Labute approximate surface area is 145 Å². The molecule has 3 N–H and O–H groups in total. The lowest BCUT2D eigenvalue weighted by Crippen LogP contribution is -2.58. The number of rotatable bonds is 7. The zero-order valence-corrected chi connectivity index (χ0v) is 15.3. The van der Waals surface area contributed by atoms with Crippen LogP contribution in [0, 0.1) is 5.41 Å².